The molecule has 78 valence electrons. The highest BCUT2D eigenvalue weighted by molar-refractivity contribution is 5.84. The largest absolute Gasteiger partial charge is 0.273 e. The van der Waals surface area contributed by atoms with Gasteiger partial charge in [0.05, 0.1) is 6.21 Å². The van der Waals surface area contributed by atoms with Crippen molar-refractivity contribution in [1.29, 1.82) is 0 Å². The number of hydrogen-bond donors (Lipinski definition) is 1. The van der Waals surface area contributed by atoms with E-state index in [0.717, 1.165) is 12.8 Å². The summed E-state index contributed by atoms with van der Waals surface area (Å²) < 4.78 is 13.1. The van der Waals surface area contributed by atoms with Crippen LogP contribution in [0.1, 0.15) is 18.4 Å². The monoisotopic (exact) mass is 206 g/mol. The van der Waals surface area contributed by atoms with Crippen molar-refractivity contribution in [3.63, 3.8) is 0 Å². The highest BCUT2D eigenvalue weighted by Crippen LogP contribution is 2.28. The number of nitrogens with zero attached hydrogens (tertiary/aromatic N) is 1. The first-order chi connectivity index (χ1) is 7.27. The number of hydrogen-bond acceptors (Lipinski definition) is 2. The summed E-state index contributed by atoms with van der Waals surface area (Å²) in [4.78, 5) is 11.2. The van der Waals surface area contributed by atoms with Crippen LogP contribution in [0, 0.1) is 11.7 Å². The summed E-state index contributed by atoms with van der Waals surface area (Å²) in [6.45, 7) is 0. The maximum atomic E-state index is 13.1. The number of carbonyl (C=O) groups is 1. The molecule has 0 spiro atoms. The minimum atomic E-state index is -0.345. The number of halogens is 1. The zero-order chi connectivity index (χ0) is 10.7. The minimum Gasteiger partial charge on any atom is -0.273 e. The first-order valence-corrected chi connectivity index (χ1v) is 4.85. The lowest BCUT2D eigenvalue weighted by Crippen LogP contribution is -2.19. The first kappa shape index (κ1) is 9.83. The standard InChI is InChI=1S/C11H11FN2O/c12-10-4-2-1-3-9(10)7-13-14-11(15)8-5-6-8/h1-4,7-8H,5-6H2,(H,14,15). The third kappa shape index (κ3) is 2.62. The molecule has 0 saturated heterocycles. The predicted molar refractivity (Wildman–Crippen MR) is 54.9 cm³/mol. The summed E-state index contributed by atoms with van der Waals surface area (Å²) in [5, 5.41) is 3.70. The van der Waals surface area contributed by atoms with E-state index < -0.39 is 0 Å². The fourth-order valence-electron chi connectivity index (χ4n) is 1.18. The molecule has 1 aromatic rings. The molecule has 3 nitrogen and oxygen atoms in total. The zero-order valence-electron chi connectivity index (χ0n) is 8.11. The molecule has 0 aliphatic heterocycles. The fraction of sp³-hybridized carbons (Fsp3) is 0.273. The first-order valence-electron chi connectivity index (χ1n) is 4.85. The van der Waals surface area contributed by atoms with E-state index in [1.807, 2.05) is 0 Å². The Morgan fingerprint density at radius 3 is 2.87 bits per heavy atom. The van der Waals surface area contributed by atoms with Crippen molar-refractivity contribution in [3.05, 3.63) is 35.6 Å². The lowest BCUT2D eigenvalue weighted by molar-refractivity contribution is -0.122. The van der Waals surface area contributed by atoms with E-state index in [1.54, 1.807) is 18.2 Å². The van der Waals surface area contributed by atoms with Gasteiger partial charge in [-0.2, -0.15) is 5.10 Å². The van der Waals surface area contributed by atoms with Crippen LogP contribution in [0.5, 0.6) is 0 Å². The van der Waals surface area contributed by atoms with Gasteiger partial charge in [-0.15, -0.1) is 0 Å². The second-order valence-corrected chi connectivity index (χ2v) is 3.53. The van der Waals surface area contributed by atoms with E-state index in [4.69, 9.17) is 0 Å². The molecule has 15 heavy (non-hydrogen) atoms. The van der Waals surface area contributed by atoms with E-state index >= 15 is 0 Å². The molecule has 1 amide bonds. The second kappa shape index (κ2) is 4.21. The summed E-state index contributed by atoms with van der Waals surface area (Å²) in [6, 6.07) is 6.27. The highest BCUT2D eigenvalue weighted by atomic mass is 19.1. The molecular weight excluding hydrogens is 195 g/mol. The van der Waals surface area contributed by atoms with Crippen molar-refractivity contribution in [3.8, 4) is 0 Å². The van der Waals surface area contributed by atoms with Crippen LogP contribution in [0.15, 0.2) is 29.4 Å². The van der Waals surface area contributed by atoms with E-state index in [2.05, 4.69) is 10.5 Å². The highest BCUT2D eigenvalue weighted by Gasteiger charge is 2.29. The molecular formula is C11H11FN2O. The number of benzene rings is 1. The van der Waals surface area contributed by atoms with Gasteiger partial charge in [-0.3, -0.25) is 4.79 Å². The maximum absolute atomic E-state index is 13.1. The number of hydrazone groups is 1. The Balaban J connectivity index is 1.93. The molecule has 0 bridgehead atoms. The number of rotatable bonds is 3. The molecule has 1 fully saturated rings. The van der Waals surface area contributed by atoms with Crippen molar-refractivity contribution >= 4 is 12.1 Å². The fourth-order valence-corrected chi connectivity index (χ4v) is 1.18. The van der Waals surface area contributed by atoms with E-state index in [9.17, 15) is 9.18 Å². The summed E-state index contributed by atoms with van der Waals surface area (Å²) in [6.07, 6.45) is 3.18. The molecule has 0 atom stereocenters. The average Bonchev–Trinajstić information content (AvgIpc) is 3.04. The summed E-state index contributed by atoms with van der Waals surface area (Å²) in [5.41, 5.74) is 2.75. The molecule has 0 radical (unpaired) electrons. The van der Waals surface area contributed by atoms with Crippen LogP contribution >= 0.6 is 0 Å². The number of amides is 1. The Kier molecular flexibility index (Phi) is 2.76. The Morgan fingerprint density at radius 2 is 2.20 bits per heavy atom. The van der Waals surface area contributed by atoms with Gasteiger partial charge in [0.1, 0.15) is 5.82 Å². The Morgan fingerprint density at radius 1 is 1.47 bits per heavy atom. The summed E-state index contributed by atoms with van der Waals surface area (Å²) in [7, 11) is 0. The molecule has 2 rings (SSSR count). The Labute approximate surface area is 87.0 Å². The Hall–Kier alpha value is -1.71. The van der Waals surface area contributed by atoms with Gasteiger partial charge in [0.15, 0.2) is 0 Å². The second-order valence-electron chi connectivity index (χ2n) is 3.53. The van der Waals surface area contributed by atoms with Gasteiger partial charge in [-0.25, -0.2) is 9.82 Å². The van der Waals surface area contributed by atoms with Crippen LogP contribution in [-0.2, 0) is 4.79 Å². The topological polar surface area (TPSA) is 41.5 Å². The van der Waals surface area contributed by atoms with E-state index in [1.165, 1.54) is 12.3 Å². The Bertz CT molecular complexity index is 399. The van der Waals surface area contributed by atoms with Gasteiger partial charge in [-0.05, 0) is 18.9 Å². The van der Waals surface area contributed by atoms with Crippen LogP contribution in [0.2, 0.25) is 0 Å². The van der Waals surface area contributed by atoms with Crippen LogP contribution < -0.4 is 5.43 Å². The third-order valence-corrected chi connectivity index (χ3v) is 2.23. The third-order valence-electron chi connectivity index (χ3n) is 2.23. The number of nitrogens with one attached hydrogen (secondary N) is 1. The SMILES string of the molecule is O=C(NN=Cc1ccccc1F)C1CC1. The van der Waals surface area contributed by atoms with E-state index in [0.29, 0.717) is 5.56 Å². The van der Waals surface area contributed by atoms with Crippen LogP contribution in [0.4, 0.5) is 4.39 Å². The number of carbonyl (C=O) groups excluding carboxylic acids is 1. The normalized spacial score (nSPS) is 15.5. The molecule has 1 saturated carbocycles. The summed E-state index contributed by atoms with van der Waals surface area (Å²) in [5.74, 6) is -0.313. The zero-order valence-corrected chi connectivity index (χ0v) is 8.11. The van der Waals surface area contributed by atoms with Crippen molar-refractivity contribution in [2.75, 3.05) is 0 Å². The molecule has 1 aliphatic carbocycles. The maximum Gasteiger partial charge on any atom is 0.243 e. The predicted octanol–water partition coefficient (Wildman–Crippen LogP) is 1.69. The van der Waals surface area contributed by atoms with Crippen LogP contribution in [-0.4, -0.2) is 12.1 Å². The van der Waals surface area contributed by atoms with Crippen LogP contribution in [0.3, 0.4) is 0 Å². The van der Waals surface area contributed by atoms with Crippen molar-refractivity contribution in [1.82, 2.24) is 5.43 Å². The molecule has 1 aromatic carbocycles. The molecule has 0 heterocycles. The average molecular weight is 206 g/mol. The van der Waals surface area contributed by atoms with Crippen molar-refractivity contribution in [2.24, 2.45) is 11.0 Å². The summed E-state index contributed by atoms with van der Waals surface area (Å²) >= 11 is 0. The van der Waals surface area contributed by atoms with Crippen molar-refractivity contribution < 1.29 is 9.18 Å². The molecule has 0 unspecified atom stereocenters. The molecule has 1 N–H and O–H groups in total. The molecule has 1 aliphatic rings. The smallest absolute Gasteiger partial charge is 0.243 e. The van der Waals surface area contributed by atoms with Gasteiger partial charge in [0.25, 0.3) is 0 Å². The van der Waals surface area contributed by atoms with Crippen LogP contribution in [0.25, 0.3) is 0 Å². The van der Waals surface area contributed by atoms with Gasteiger partial charge in [0.2, 0.25) is 5.91 Å². The van der Waals surface area contributed by atoms with Crippen molar-refractivity contribution in [2.45, 2.75) is 12.8 Å². The molecule has 0 aromatic heterocycles. The minimum absolute atomic E-state index is 0.0809. The van der Waals surface area contributed by atoms with Gasteiger partial charge >= 0.3 is 0 Å². The van der Waals surface area contributed by atoms with Gasteiger partial charge < -0.3 is 0 Å². The van der Waals surface area contributed by atoms with Gasteiger partial charge in [-0.1, -0.05) is 18.2 Å². The quantitative estimate of drug-likeness (QED) is 0.593. The lowest BCUT2D eigenvalue weighted by atomic mass is 10.2. The lowest BCUT2D eigenvalue weighted by Gasteiger charge is -1.96. The molecule has 4 heteroatoms. The van der Waals surface area contributed by atoms with E-state index in [-0.39, 0.29) is 17.6 Å². The van der Waals surface area contributed by atoms with Gasteiger partial charge in [0, 0.05) is 11.5 Å².